The molecule has 1 aliphatic carbocycles. The lowest BCUT2D eigenvalue weighted by Crippen LogP contribution is -2.35. The molecule has 8 nitrogen and oxygen atoms in total. The van der Waals surface area contributed by atoms with E-state index in [1.807, 2.05) is 12.1 Å². The minimum atomic E-state index is -0.453. The number of ether oxygens (including phenoxy) is 1. The highest BCUT2D eigenvalue weighted by Crippen LogP contribution is 2.27. The molecule has 2 N–H and O–H groups in total. The van der Waals surface area contributed by atoms with Gasteiger partial charge < -0.3 is 15.4 Å². The number of morpholine rings is 1. The molecular formula is C22H26N4O4. The number of rotatable bonds is 8. The highest BCUT2D eigenvalue weighted by molar-refractivity contribution is 5.96. The normalized spacial score (nSPS) is 16.8. The van der Waals surface area contributed by atoms with E-state index in [2.05, 4.69) is 27.7 Å². The van der Waals surface area contributed by atoms with Gasteiger partial charge in [-0.1, -0.05) is 24.3 Å². The van der Waals surface area contributed by atoms with Gasteiger partial charge in [0.2, 0.25) is 0 Å². The van der Waals surface area contributed by atoms with Crippen LogP contribution in [0.4, 0.5) is 11.4 Å². The summed E-state index contributed by atoms with van der Waals surface area (Å²) in [6.07, 6.45) is 1.94. The van der Waals surface area contributed by atoms with Crippen molar-refractivity contribution in [3.8, 4) is 0 Å². The summed E-state index contributed by atoms with van der Waals surface area (Å²) in [7, 11) is 0. The zero-order valence-corrected chi connectivity index (χ0v) is 16.8. The first-order valence-electron chi connectivity index (χ1n) is 10.3. The molecule has 1 heterocycles. The van der Waals surface area contributed by atoms with E-state index in [0.717, 1.165) is 51.3 Å². The molecule has 0 atom stereocenters. The number of carbonyl (C=O) groups excluding carboxylic acids is 1. The lowest BCUT2D eigenvalue weighted by Gasteiger charge is -2.26. The number of nitrogens with zero attached hydrogens (tertiary/aromatic N) is 2. The third kappa shape index (κ3) is 5.34. The number of nitro benzene ring substituents is 1. The second-order valence-electron chi connectivity index (χ2n) is 7.80. The highest BCUT2D eigenvalue weighted by atomic mass is 16.6. The number of benzene rings is 2. The van der Waals surface area contributed by atoms with Crippen molar-refractivity contribution in [2.24, 2.45) is 0 Å². The van der Waals surface area contributed by atoms with Gasteiger partial charge in [0.05, 0.1) is 18.1 Å². The van der Waals surface area contributed by atoms with Crippen LogP contribution in [0.3, 0.4) is 0 Å². The maximum Gasteiger partial charge on any atom is 0.293 e. The molecule has 0 aromatic heterocycles. The zero-order chi connectivity index (χ0) is 20.9. The van der Waals surface area contributed by atoms with Crippen molar-refractivity contribution in [2.45, 2.75) is 32.0 Å². The van der Waals surface area contributed by atoms with Crippen LogP contribution in [0.1, 0.15) is 34.3 Å². The largest absolute Gasteiger partial charge is 0.379 e. The van der Waals surface area contributed by atoms with E-state index in [1.54, 1.807) is 12.1 Å². The van der Waals surface area contributed by atoms with E-state index in [-0.39, 0.29) is 17.6 Å². The van der Waals surface area contributed by atoms with Crippen LogP contribution in [0, 0.1) is 10.1 Å². The minimum Gasteiger partial charge on any atom is -0.379 e. The number of carbonyl (C=O) groups is 1. The van der Waals surface area contributed by atoms with Gasteiger partial charge in [0.25, 0.3) is 11.6 Å². The Kier molecular flexibility index (Phi) is 6.25. The fraction of sp³-hybridized carbons (Fsp3) is 0.409. The average molecular weight is 410 g/mol. The summed E-state index contributed by atoms with van der Waals surface area (Å²) in [5, 5.41) is 17.5. The molecule has 0 radical (unpaired) electrons. The predicted molar refractivity (Wildman–Crippen MR) is 113 cm³/mol. The first-order valence-corrected chi connectivity index (χ1v) is 10.3. The standard InChI is InChI=1S/C22H26N4O4/c27-22(24-19-5-6-19)18-4-7-20(21(13-18)26(28)29)23-14-16-2-1-3-17(12-16)15-25-8-10-30-11-9-25/h1-4,7,12-13,19,23H,5-6,8-11,14-15H2,(H,24,27). The van der Waals surface area contributed by atoms with Gasteiger partial charge in [-0.15, -0.1) is 0 Å². The van der Waals surface area contributed by atoms with Gasteiger partial charge in [0.15, 0.2) is 0 Å². The SMILES string of the molecule is O=C(NC1CC1)c1ccc(NCc2cccc(CN3CCOCC3)c2)c([N+](=O)[O-])c1. The van der Waals surface area contributed by atoms with Gasteiger partial charge in [-0.2, -0.15) is 0 Å². The molecule has 2 aliphatic rings. The van der Waals surface area contributed by atoms with Crippen LogP contribution in [-0.4, -0.2) is 48.1 Å². The average Bonchev–Trinajstić information content (AvgIpc) is 3.57. The molecule has 1 aliphatic heterocycles. The molecule has 0 unspecified atom stereocenters. The summed E-state index contributed by atoms with van der Waals surface area (Å²) in [5.41, 5.74) is 2.87. The molecule has 30 heavy (non-hydrogen) atoms. The van der Waals surface area contributed by atoms with E-state index in [4.69, 9.17) is 4.74 Å². The molecule has 8 heteroatoms. The van der Waals surface area contributed by atoms with Gasteiger partial charge in [-0.25, -0.2) is 0 Å². The van der Waals surface area contributed by atoms with Crippen LogP contribution >= 0.6 is 0 Å². The summed E-state index contributed by atoms with van der Waals surface area (Å²) < 4.78 is 5.39. The van der Waals surface area contributed by atoms with Gasteiger partial charge in [0, 0.05) is 43.9 Å². The summed E-state index contributed by atoms with van der Waals surface area (Å²) in [6, 6.07) is 13.0. The smallest absolute Gasteiger partial charge is 0.293 e. The number of hydrogen-bond donors (Lipinski definition) is 2. The Hall–Kier alpha value is -2.97. The molecule has 0 bridgehead atoms. The molecule has 2 aromatic rings. The Bertz CT molecular complexity index is 923. The Balaban J connectivity index is 1.41. The van der Waals surface area contributed by atoms with Crippen LogP contribution in [0.15, 0.2) is 42.5 Å². The Morgan fingerprint density at radius 3 is 2.63 bits per heavy atom. The summed E-state index contributed by atoms with van der Waals surface area (Å²) in [4.78, 5) is 25.6. The Morgan fingerprint density at radius 2 is 1.90 bits per heavy atom. The highest BCUT2D eigenvalue weighted by Gasteiger charge is 2.25. The second-order valence-corrected chi connectivity index (χ2v) is 7.80. The molecule has 1 saturated heterocycles. The van der Waals surface area contributed by atoms with Gasteiger partial charge in [0.1, 0.15) is 5.69 Å². The number of nitro groups is 1. The lowest BCUT2D eigenvalue weighted by atomic mass is 10.1. The Morgan fingerprint density at radius 1 is 1.13 bits per heavy atom. The first-order chi connectivity index (χ1) is 14.6. The molecule has 4 rings (SSSR count). The van der Waals surface area contributed by atoms with Crippen molar-refractivity contribution in [3.63, 3.8) is 0 Å². The number of nitrogens with one attached hydrogen (secondary N) is 2. The number of anilines is 1. The monoisotopic (exact) mass is 410 g/mol. The second kappa shape index (κ2) is 9.23. The van der Waals surface area contributed by atoms with Crippen molar-refractivity contribution >= 4 is 17.3 Å². The molecule has 0 spiro atoms. The maximum absolute atomic E-state index is 12.2. The molecule has 1 amide bonds. The van der Waals surface area contributed by atoms with Crippen molar-refractivity contribution in [1.82, 2.24) is 10.2 Å². The number of hydrogen-bond acceptors (Lipinski definition) is 6. The summed E-state index contributed by atoms with van der Waals surface area (Å²) >= 11 is 0. The van der Waals surface area contributed by atoms with E-state index < -0.39 is 4.92 Å². The Labute approximate surface area is 175 Å². The fourth-order valence-electron chi connectivity index (χ4n) is 3.52. The van der Waals surface area contributed by atoms with Crippen LogP contribution in [-0.2, 0) is 17.8 Å². The molecule has 2 fully saturated rings. The van der Waals surface area contributed by atoms with Crippen LogP contribution in [0.5, 0.6) is 0 Å². The third-order valence-electron chi connectivity index (χ3n) is 5.35. The van der Waals surface area contributed by atoms with Crippen molar-refractivity contribution in [1.29, 1.82) is 0 Å². The number of amides is 1. The van der Waals surface area contributed by atoms with Crippen LogP contribution in [0.2, 0.25) is 0 Å². The quantitative estimate of drug-likeness (QED) is 0.513. The van der Waals surface area contributed by atoms with Crippen molar-refractivity contribution in [3.05, 3.63) is 69.3 Å². The zero-order valence-electron chi connectivity index (χ0n) is 16.8. The minimum absolute atomic E-state index is 0.0945. The van der Waals surface area contributed by atoms with Crippen molar-refractivity contribution in [2.75, 3.05) is 31.6 Å². The van der Waals surface area contributed by atoms with E-state index in [9.17, 15) is 14.9 Å². The molecule has 1 saturated carbocycles. The molecule has 158 valence electrons. The predicted octanol–water partition coefficient (Wildman–Crippen LogP) is 2.93. The fourth-order valence-corrected chi connectivity index (χ4v) is 3.52. The first kappa shape index (κ1) is 20.3. The van der Waals surface area contributed by atoms with Crippen LogP contribution < -0.4 is 10.6 Å². The summed E-state index contributed by atoms with van der Waals surface area (Å²) in [6.45, 7) is 4.71. The molecular weight excluding hydrogens is 384 g/mol. The topological polar surface area (TPSA) is 96.7 Å². The van der Waals surface area contributed by atoms with E-state index >= 15 is 0 Å². The van der Waals surface area contributed by atoms with Crippen LogP contribution in [0.25, 0.3) is 0 Å². The summed E-state index contributed by atoms with van der Waals surface area (Å²) in [5.74, 6) is -0.261. The van der Waals surface area contributed by atoms with Gasteiger partial charge in [-0.3, -0.25) is 19.8 Å². The van der Waals surface area contributed by atoms with E-state index in [1.165, 1.54) is 11.6 Å². The van der Waals surface area contributed by atoms with Gasteiger partial charge in [-0.05, 0) is 36.1 Å². The van der Waals surface area contributed by atoms with Gasteiger partial charge >= 0.3 is 0 Å². The molecule has 2 aromatic carbocycles. The van der Waals surface area contributed by atoms with E-state index in [0.29, 0.717) is 17.8 Å². The maximum atomic E-state index is 12.2. The lowest BCUT2D eigenvalue weighted by molar-refractivity contribution is -0.384. The third-order valence-corrected chi connectivity index (χ3v) is 5.35. The van der Waals surface area contributed by atoms with Crippen molar-refractivity contribution < 1.29 is 14.5 Å².